The van der Waals surface area contributed by atoms with Crippen LogP contribution >= 0.6 is 0 Å². The Morgan fingerprint density at radius 1 is 1.33 bits per heavy atom. The standard InChI is InChI=1S/C13H16N2O3/c1-4-5-6-15-13(16)9-7-11(17-2)12(18-3)8-10(9)14/h7-8H,6,14H2,1-3H3,(H,15,16). The first-order chi connectivity index (χ1) is 8.63. The number of hydrogen-bond acceptors (Lipinski definition) is 4. The molecule has 0 saturated carbocycles. The summed E-state index contributed by atoms with van der Waals surface area (Å²) in [5, 5.41) is 2.64. The van der Waals surface area contributed by atoms with E-state index in [2.05, 4.69) is 17.2 Å². The fraction of sp³-hybridized carbons (Fsp3) is 0.308. The minimum atomic E-state index is -0.295. The fourth-order valence-electron chi connectivity index (χ4n) is 1.40. The van der Waals surface area contributed by atoms with Gasteiger partial charge in [-0.05, 0) is 13.0 Å². The normalized spacial score (nSPS) is 9.06. The Balaban J connectivity index is 3.00. The van der Waals surface area contributed by atoms with Crippen molar-refractivity contribution in [3.63, 3.8) is 0 Å². The first-order valence-corrected chi connectivity index (χ1v) is 5.33. The highest BCUT2D eigenvalue weighted by Crippen LogP contribution is 2.31. The van der Waals surface area contributed by atoms with Crippen molar-refractivity contribution in [2.45, 2.75) is 6.92 Å². The molecule has 1 amide bonds. The smallest absolute Gasteiger partial charge is 0.254 e. The average molecular weight is 248 g/mol. The van der Waals surface area contributed by atoms with Gasteiger partial charge in [0.25, 0.3) is 5.91 Å². The number of ether oxygens (including phenoxy) is 2. The highest BCUT2D eigenvalue weighted by Gasteiger charge is 2.14. The molecule has 5 heteroatoms. The molecule has 0 aliphatic rings. The Bertz CT molecular complexity index is 501. The monoisotopic (exact) mass is 248 g/mol. The van der Waals surface area contributed by atoms with E-state index in [9.17, 15) is 4.79 Å². The molecule has 0 fully saturated rings. The van der Waals surface area contributed by atoms with Gasteiger partial charge in [0.2, 0.25) is 0 Å². The summed E-state index contributed by atoms with van der Waals surface area (Å²) in [7, 11) is 3.01. The molecule has 0 aromatic heterocycles. The predicted octanol–water partition coefficient (Wildman–Crippen LogP) is 1.04. The van der Waals surface area contributed by atoms with Crippen LogP contribution in [0.15, 0.2) is 12.1 Å². The van der Waals surface area contributed by atoms with Crippen LogP contribution in [0.25, 0.3) is 0 Å². The minimum Gasteiger partial charge on any atom is -0.493 e. The zero-order valence-corrected chi connectivity index (χ0v) is 10.7. The Kier molecular flexibility index (Phi) is 4.88. The number of rotatable bonds is 4. The Hall–Kier alpha value is -2.35. The van der Waals surface area contributed by atoms with E-state index in [0.29, 0.717) is 22.7 Å². The Morgan fingerprint density at radius 3 is 2.50 bits per heavy atom. The maximum Gasteiger partial charge on any atom is 0.254 e. The lowest BCUT2D eigenvalue weighted by atomic mass is 10.1. The van der Waals surface area contributed by atoms with E-state index in [1.54, 1.807) is 19.1 Å². The van der Waals surface area contributed by atoms with Gasteiger partial charge in [-0.3, -0.25) is 4.79 Å². The van der Waals surface area contributed by atoms with Crippen molar-refractivity contribution in [3.8, 4) is 23.3 Å². The summed E-state index contributed by atoms with van der Waals surface area (Å²) in [4.78, 5) is 11.9. The van der Waals surface area contributed by atoms with Crippen LogP contribution in [-0.4, -0.2) is 26.7 Å². The van der Waals surface area contributed by atoms with Crippen LogP contribution < -0.4 is 20.5 Å². The van der Waals surface area contributed by atoms with Gasteiger partial charge in [0, 0.05) is 11.8 Å². The van der Waals surface area contributed by atoms with E-state index in [4.69, 9.17) is 15.2 Å². The van der Waals surface area contributed by atoms with Crippen LogP contribution in [0.4, 0.5) is 5.69 Å². The van der Waals surface area contributed by atoms with Gasteiger partial charge in [-0.15, -0.1) is 5.92 Å². The van der Waals surface area contributed by atoms with Crippen LogP contribution in [0.1, 0.15) is 17.3 Å². The number of carbonyl (C=O) groups excluding carboxylic acids is 1. The van der Waals surface area contributed by atoms with Gasteiger partial charge in [0.05, 0.1) is 26.3 Å². The lowest BCUT2D eigenvalue weighted by molar-refractivity contribution is 0.0959. The molecule has 1 aromatic carbocycles. The molecule has 18 heavy (non-hydrogen) atoms. The molecule has 0 aliphatic heterocycles. The summed E-state index contributed by atoms with van der Waals surface area (Å²) in [5.41, 5.74) is 6.46. The second-order valence-electron chi connectivity index (χ2n) is 3.40. The molecule has 1 aromatic rings. The highest BCUT2D eigenvalue weighted by atomic mass is 16.5. The molecule has 0 atom stereocenters. The molecule has 0 bridgehead atoms. The Labute approximate surface area is 106 Å². The molecule has 5 nitrogen and oxygen atoms in total. The topological polar surface area (TPSA) is 73.6 Å². The SMILES string of the molecule is CC#CCNC(=O)c1cc(OC)c(OC)cc1N. The lowest BCUT2D eigenvalue weighted by Crippen LogP contribution is -2.24. The van der Waals surface area contributed by atoms with Crippen molar-refractivity contribution >= 4 is 11.6 Å². The number of anilines is 1. The Morgan fingerprint density at radius 2 is 1.94 bits per heavy atom. The second-order valence-corrected chi connectivity index (χ2v) is 3.40. The third-order valence-corrected chi connectivity index (χ3v) is 2.31. The maximum atomic E-state index is 11.9. The van der Waals surface area contributed by atoms with E-state index in [-0.39, 0.29) is 12.5 Å². The number of nitrogens with one attached hydrogen (secondary N) is 1. The predicted molar refractivity (Wildman–Crippen MR) is 69.7 cm³/mol. The number of nitrogen functional groups attached to an aromatic ring is 1. The van der Waals surface area contributed by atoms with Crippen LogP contribution in [-0.2, 0) is 0 Å². The van der Waals surface area contributed by atoms with Gasteiger partial charge < -0.3 is 20.5 Å². The van der Waals surface area contributed by atoms with Gasteiger partial charge in [-0.1, -0.05) is 5.92 Å². The van der Waals surface area contributed by atoms with Crippen molar-refractivity contribution < 1.29 is 14.3 Å². The molecule has 0 saturated heterocycles. The summed E-state index contributed by atoms with van der Waals surface area (Å²) in [5.74, 6) is 6.08. The van der Waals surface area contributed by atoms with Crippen molar-refractivity contribution in [2.75, 3.05) is 26.5 Å². The van der Waals surface area contributed by atoms with E-state index < -0.39 is 0 Å². The summed E-state index contributed by atoms with van der Waals surface area (Å²) in [6.45, 7) is 1.99. The molecular weight excluding hydrogens is 232 g/mol. The number of carbonyl (C=O) groups is 1. The molecule has 3 N–H and O–H groups in total. The van der Waals surface area contributed by atoms with Crippen molar-refractivity contribution in [1.82, 2.24) is 5.32 Å². The summed E-state index contributed by atoms with van der Waals surface area (Å²) < 4.78 is 10.2. The van der Waals surface area contributed by atoms with E-state index in [1.165, 1.54) is 14.2 Å². The van der Waals surface area contributed by atoms with Gasteiger partial charge in [0.15, 0.2) is 11.5 Å². The quantitative estimate of drug-likeness (QED) is 0.616. The molecular formula is C13H16N2O3. The number of nitrogens with two attached hydrogens (primary N) is 1. The number of methoxy groups -OCH3 is 2. The van der Waals surface area contributed by atoms with Crippen LogP contribution in [0.3, 0.4) is 0 Å². The molecule has 96 valence electrons. The van der Waals surface area contributed by atoms with E-state index in [1.807, 2.05) is 0 Å². The van der Waals surface area contributed by atoms with E-state index in [0.717, 1.165) is 0 Å². The van der Waals surface area contributed by atoms with Gasteiger partial charge in [-0.25, -0.2) is 0 Å². The fourth-order valence-corrected chi connectivity index (χ4v) is 1.40. The number of benzene rings is 1. The highest BCUT2D eigenvalue weighted by molar-refractivity contribution is 6.00. The van der Waals surface area contributed by atoms with Crippen molar-refractivity contribution in [1.29, 1.82) is 0 Å². The average Bonchev–Trinajstić information content (AvgIpc) is 2.38. The summed E-state index contributed by atoms with van der Waals surface area (Å²) >= 11 is 0. The lowest BCUT2D eigenvalue weighted by Gasteiger charge is -2.11. The first kappa shape index (κ1) is 13.7. The zero-order valence-electron chi connectivity index (χ0n) is 10.7. The molecule has 0 aliphatic carbocycles. The van der Waals surface area contributed by atoms with Crippen LogP contribution in [0.2, 0.25) is 0 Å². The molecule has 0 radical (unpaired) electrons. The van der Waals surface area contributed by atoms with Gasteiger partial charge in [-0.2, -0.15) is 0 Å². The van der Waals surface area contributed by atoms with Crippen molar-refractivity contribution in [3.05, 3.63) is 17.7 Å². The van der Waals surface area contributed by atoms with E-state index >= 15 is 0 Å². The largest absolute Gasteiger partial charge is 0.493 e. The second kappa shape index (κ2) is 6.40. The number of hydrogen-bond donors (Lipinski definition) is 2. The maximum absolute atomic E-state index is 11.9. The third-order valence-electron chi connectivity index (χ3n) is 2.31. The van der Waals surface area contributed by atoms with Crippen LogP contribution in [0.5, 0.6) is 11.5 Å². The molecule has 0 unspecified atom stereocenters. The van der Waals surface area contributed by atoms with Gasteiger partial charge >= 0.3 is 0 Å². The van der Waals surface area contributed by atoms with Crippen molar-refractivity contribution in [2.24, 2.45) is 0 Å². The molecule has 0 spiro atoms. The third kappa shape index (κ3) is 3.08. The minimum absolute atomic E-state index is 0.281. The summed E-state index contributed by atoms with van der Waals surface area (Å²) in [6.07, 6.45) is 0. The van der Waals surface area contributed by atoms with Gasteiger partial charge in [0.1, 0.15) is 0 Å². The summed E-state index contributed by atoms with van der Waals surface area (Å²) in [6, 6.07) is 3.10. The number of amides is 1. The zero-order chi connectivity index (χ0) is 13.5. The first-order valence-electron chi connectivity index (χ1n) is 5.33. The molecule has 1 rings (SSSR count). The van der Waals surface area contributed by atoms with Crippen LogP contribution in [0, 0.1) is 11.8 Å². The molecule has 0 heterocycles.